The van der Waals surface area contributed by atoms with Crippen LogP contribution in [0.1, 0.15) is 19.9 Å². The van der Waals surface area contributed by atoms with Crippen LogP contribution in [0.15, 0.2) is 42.7 Å². The minimum absolute atomic E-state index is 0.194. The van der Waals surface area contributed by atoms with Crippen LogP contribution in [0.25, 0.3) is 21.7 Å². The van der Waals surface area contributed by atoms with Gasteiger partial charge in [-0.05, 0) is 44.2 Å². The number of thiazole rings is 1. The summed E-state index contributed by atoms with van der Waals surface area (Å²) >= 11 is 1.37. The molecule has 3 heterocycles. The minimum Gasteiger partial charge on any atom is -0.497 e. The fraction of sp³-hybridized carbons (Fsp3) is 0.211. The zero-order valence-corrected chi connectivity index (χ0v) is 16.9. The Morgan fingerprint density at radius 3 is 2.83 bits per heavy atom. The molecule has 0 fully saturated rings. The highest BCUT2D eigenvalue weighted by atomic mass is 32.1. The molecule has 10 heteroatoms. The Hall–Kier alpha value is -3.53. The number of aromatic nitrogens is 5. The number of benzene rings is 1. The molecular weight excluding hydrogens is 390 g/mol. The van der Waals surface area contributed by atoms with E-state index in [4.69, 9.17) is 4.74 Å². The first kappa shape index (κ1) is 18.8. The van der Waals surface area contributed by atoms with Crippen molar-refractivity contribution < 1.29 is 9.53 Å². The topological polar surface area (TPSA) is 107 Å². The molecule has 1 aromatic carbocycles. The van der Waals surface area contributed by atoms with Gasteiger partial charge in [-0.25, -0.2) is 14.8 Å². The summed E-state index contributed by atoms with van der Waals surface area (Å²) in [6.45, 7) is 4.08. The summed E-state index contributed by atoms with van der Waals surface area (Å²) in [5.41, 5.74) is 1.42. The predicted octanol–water partition coefficient (Wildman–Crippen LogP) is 4.18. The second kappa shape index (κ2) is 7.84. The Morgan fingerprint density at radius 2 is 2.03 bits per heavy atom. The van der Waals surface area contributed by atoms with Crippen LogP contribution >= 0.6 is 11.3 Å². The lowest BCUT2D eigenvalue weighted by Crippen LogP contribution is -2.20. The van der Waals surface area contributed by atoms with Crippen LogP contribution in [-0.4, -0.2) is 37.9 Å². The van der Waals surface area contributed by atoms with E-state index in [1.807, 2.05) is 42.7 Å². The van der Waals surface area contributed by atoms with Crippen molar-refractivity contribution in [1.82, 2.24) is 24.7 Å². The van der Waals surface area contributed by atoms with Crippen molar-refractivity contribution in [2.24, 2.45) is 0 Å². The number of nitrogens with one attached hydrogen (secondary N) is 2. The van der Waals surface area contributed by atoms with Gasteiger partial charge < -0.3 is 9.30 Å². The molecule has 3 aromatic heterocycles. The van der Waals surface area contributed by atoms with E-state index in [1.165, 1.54) is 11.3 Å². The maximum atomic E-state index is 12.4. The summed E-state index contributed by atoms with van der Waals surface area (Å²) in [6, 6.07) is 10.7. The zero-order chi connectivity index (χ0) is 20.4. The van der Waals surface area contributed by atoms with Crippen molar-refractivity contribution in [3.63, 3.8) is 0 Å². The first-order valence-electron chi connectivity index (χ1n) is 8.93. The molecule has 0 aliphatic rings. The summed E-state index contributed by atoms with van der Waals surface area (Å²) in [5.74, 6) is 1.79. The minimum atomic E-state index is -0.425. The highest BCUT2D eigenvalue weighted by molar-refractivity contribution is 7.22. The van der Waals surface area contributed by atoms with E-state index in [1.54, 1.807) is 25.6 Å². The SMILES string of the molecule is COc1ccc2nc(NC(=O)Nc3cccc(-c4nncn4C(C)C)n3)sc2c1. The quantitative estimate of drug-likeness (QED) is 0.512. The van der Waals surface area contributed by atoms with E-state index in [2.05, 4.69) is 30.8 Å². The molecule has 2 amide bonds. The third-order valence-electron chi connectivity index (χ3n) is 4.17. The molecular formula is C19H19N7O2S. The number of carbonyl (C=O) groups excluding carboxylic acids is 1. The number of hydrogen-bond acceptors (Lipinski definition) is 7. The predicted molar refractivity (Wildman–Crippen MR) is 112 cm³/mol. The summed E-state index contributed by atoms with van der Waals surface area (Å²) < 4.78 is 8.06. The van der Waals surface area contributed by atoms with Gasteiger partial charge >= 0.3 is 6.03 Å². The third-order valence-corrected chi connectivity index (χ3v) is 5.10. The van der Waals surface area contributed by atoms with Gasteiger partial charge in [0.2, 0.25) is 0 Å². The Labute approximate surface area is 170 Å². The molecule has 148 valence electrons. The Morgan fingerprint density at radius 1 is 1.17 bits per heavy atom. The summed E-state index contributed by atoms with van der Waals surface area (Å²) in [6.07, 6.45) is 1.66. The molecule has 4 rings (SSSR count). The van der Waals surface area contributed by atoms with E-state index in [-0.39, 0.29) is 6.04 Å². The summed E-state index contributed by atoms with van der Waals surface area (Å²) in [7, 11) is 1.61. The third kappa shape index (κ3) is 4.02. The molecule has 29 heavy (non-hydrogen) atoms. The molecule has 4 aromatic rings. The second-order valence-corrected chi connectivity index (χ2v) is 7.53. The van der Waals surface area contributed by atoms with Gasteiger partial charge in [-0.1, -0.05) is 17.4 Å². The van der Waals surface area contributed by atoms with Crippen molar-refractivity contribution in [1.29, 1.82) is 0 Å². The van der Waals surface area contributed by atoms with Gasteiger partial charge in [0.15, 0.2) is 11.0 Å². The molecule has 0 unspecified atom stereocenters. The molecule has 0 bridgehead atoms. The van der Waals surface area contributed by atoms with Crippen molar-refractivity contribution in [2.45, 2.75) is 19.9 Å². The maximum Gasteiger partial charge on any atom is 0.326 e. The van der Waals surface area contributed by atoms with Gasteiger partial charge in [0.1, 0.15) is 23.6 Å². The smallest absolute Gasteiger partial charge is 0.326 e. The van der Waals surface area contributed by atoms with Crippen LogP contribution in [0, 0.1) is 0 Å². The molecule has 2 N–H and O–H groups in total. The van der Waals surface area contributed by atoms with E-state index >= 15 is 0 Å². The number of carbonyl (C=O) groups is 1. The molecule has 0 spiro atoms. The molecule has 0 aliphatic carbocycles. The number of amides is 2. The maximum absolute atomic E-state index is 12.4. The average molecular weight is 409 g/mol. The molecule has 9 nitrogen and oxygen atoms in total. The number of nitrogens with zero attached hydrogens (tertiary/aromatic N) is 5. The van der Waals surface area contributed by atoms with Gasteiger partial charge in [-0.2, -0.15) is 0 Å². The fourth-order valence-electron chi connectivity index (χ4n) is 2.76. The number of anilines is 2. The van der Waals surface area contributed by atoms with Gasteiger partial charge in [0.25, 0.3) is 0 Å². The summed E-state index contributed by atoms with van der Waals surface area (Å²) in [5, 5.41) is 14.1. The number of ether oxygens (including phenoxy) is 1. The van der Waals surface area contributed by atoms with Crippen LogP contribution < -0.4 is 15.4 Å². The van der Waals surface area contributed by atoms with Crippen LogP contribution in [0.4, 0.5) is 15.7 Å². The lowest BCUT2D eigenvalue weighted by molar-refractivity contribution is 0.262. The number of methoxy groups -OCH3 is 1. The largest absolute Gasteiger partial charge is 0.497 e. The highest BCUT2D eigenvalue weighted by Crippen LogP contribution is 2.29. The van der Waals surface area contributed by atoms with Gasteiger partial charge in [-0.3, -0.25) is 10.6 Å². The first-order valence-corrected chi connectivity index (χ1v) is 9.74. The summed E-state index contributed by atoms with van der Waals surface area (Å²) in [4.78, 5) is 21.3. The fourth-order valence-corrected chi connectivity index (χ4v) is 3.65. The lowest BCUT2D eigenvalue weighted by Gasteiger charge is -2.10. The molecule has 0 saturated carbocycles. The zero-order valence-electron chi connectivity index (χ0n) is 16.1. The van der Waals surface area contributed by atoms with Gasteiger partial charge in [-0.15, -0.1) is 10.2 Å². The normalized spacial score (nSPS) is 11.0. The molecule has 0 radical (unpaired) electrons. The standard InChI is InChI=1S/C19H19N7O2S/c1-11(2)26-10-20-25-17(26)14-5-4-6-16(21-14)23-18(27)24-19-22-13-8-7-12(28-3)9-15(13)29-19/h4-11H,1-3H3,(H2,21,22,23,24,27). The van der Waals surface area contributed by atoms with Crippen molar-refractivity contribution in [3.05, 3.63) is 42.7 Å². The van der Waals surface area contributed by atoms with Crippen LogP contribution in [0.3, 0.4) is 0 Å². The van der Waals surface area contributed by atoms with Crippen molar-refractivity contribution in [3.8, 4) is 17.3 Å². The number of hydrogen-bond donors (Lipinski definition) is 2. The van der Waals surface area contributed by atoms with Crippen LogP contribution in [-0.2, 0) is 0 Å². The first-order chi connectivity index (χ1) is 14.0. The monoisotopic (exact) mass is 409 g/mol. The molecule has 0 saturated heterocycles. The molecule has 0 atom stereocenters. The lowest BCUT2D eigenvalue weighted by atomic mass is 10.3. The Bertz CT molecular complexity index is 1170. The van der Waals surface area contributed by atoms with E-state index < -0.39 is 6.03 Å². The Kier molecular flexibility index (Phi) is 5.09. The number of pyridine rings is 1. The van der Waals surface area contributed by atoms with E-state index in [0.29, 0.717) is 22.5 Å². The van der Waals surface area contributed by atoms with E-state index in [9.17, 15) is 4.79 Å². The number of rotatable bonds is 5. The van der Waals surface area contributed by atoms with Crippen LogP contribution in [0.2, 0.25) is 0 Å². The van der Waals surface area contributed by atoms with Gasteiger partial charge in [0, 0.05) is 6.04 Å². The number of urea groups is 1. The number of fused-ring (bicyclic) bond motifs is 1. The average Bonchev–Trinajstić information content (AvgIpc) is 3.34. The van der Waals surface area contributed by atoms with Crippen molar-refractivity contribution in [2.75, 3.05) is 17.7 Å². The van der Waals surface area contributed by atoms with Crippen molar-refractivity contribution >= 4 is 38.5 Å². The van der Waals surface area contributed by atoms with E-state index in [0.717, 1.165) is 16.0 Å². The second-order valence-electron chi connectivity index (χ2n) is 6.50. The Balaban J connectivity index is 1.49. The highest BCUT2D eigenvalue weighted by Gasteiger charge is 2.13. The van der Waals surface area contributed by atoms with Crippen LogP contribution in [0.5, 0.6) is 5.75 Å². The molecule has 0 aliphatic heterocycles. The van der Waals surface area contributed by atoms with Gasteiger partial charge in [0.05, 0.1) is 17.3 Å².